The quantitative estimate of drug-likeness (QED) is 0.0433. The number of esters is 4. The molecule has 0 fully saturated rings. The van der Waals surface area contributed by atoms with Gasteiger partial charge in [0.25, 0.3) is 0 Å². The normalized spacial score (nSPS) is 10.3. The third-order valence-electron chi connectivity index (χ3n) is 6.73. The highest BCUT2D eigenvalue weighted by Crippen LogP contribution is 2.25. The van der Waals surface area contributed by atoms with Crippen molar-refractivity contribution >= 4 is 23.9 Å². The Morgan fingerprint density at radius 1 is 0.638 bits per heavy atom. The second kappa shape index (κ2) is 19.9. The Kier molecular flexibility index (Phi) is 15.3. The molecule has 0 unspecified atom stereocenters. The summed E-state index contributed by atoms with van der Waals surface area (Å²) in [6, 6.07) is 21.5. The van der Waals surface area contributed by atoms with Crippen molar-refractivity contribution in [3.05, 3.63) is 103 Å². The molecule has 10 heteroatoms. The Morgan fingerprint density at radius 2 is 1.15 bits per heavy atom. The van der Waals surface area contributed by atoms with Crippen molar-refractivity contribution in [2.45, 2.75) is 38.5 Å². The lowest BCUT2D eigenvalue weighted by Crippen LogP contribution is -2.13. The standard InChI is InChI=1S/C37H40O10/c1-4-34(38)45-23-8-6-5-7-22-43-32-18-14-30(15-19-32)37(41)47-33-20-12-29(13-21-33)28-10-16-31(17-11-28)44-24-9-25-46-36(40)27(2)26-35(39)42-3/h4,10-21H,1-2,5-9,22-26H2,3H3. The molecule has 3 aromatic rings. The summed E-state index contributed by atoms with van der Waals surface area (Å²) in [7, 11) is 1.24. The first-order valence-corrected chi connectivity index (χ1v) is 15.3. The van der Waals surface area contributed by atoms with Crippen molar-refractivity contribution in [1.29, 1.82) is 0 Å². The zero-order valence-electron chi connectivity index (χ0n) is 26.6. The Morgan fingerprint density at radius 3 is 1.72 bits per heavy atom. The minimum atomic E-state index is -0.636. The summed E-state index contributed by atoms with van der Waals surface area (Å²) in [4.78, 5) is 46.7. The van der Waals surface area contributed by atoms with Crippen LogP contribution in [0.15, 0.2) is 97.6 Å². The molecule has 47 heavy (non-hydrogen) atoms. The maximum atomic E-state index is 12.6. The van der Waals surface area contributed by atoms with E-state index in [-0.39, 0.29) is 18.6 Å². The third-order valence-corrected chi connectivity index (χ3v) is 6.73. The molecule has 3 rings (SSSR count). The van der Waals surface area contributed by atoms with Crippen LogP contribution in [0.5, 0.6) is 17.2 Å². The monoisotopic (exact) mass is 644 g/mol. The van der Waals surface area contributed by atoms with Gasteiger partial charge in [-0.2, -0.15) is 0 Å². The highest BCUT2D eigenvalue weighted by atomic mass is 16.5. The van der Waals surface area contributed by atoms with Gasteiger partial charge in [0.05, 0.1) is 45.5 Å². The van der Waals surface area contributed by atoms with Crippen molar-refractivity contribution in [3.8, 4) is 28.4 Å². The predicted octanol–water partition coefficient (Wildman–Crippen LogP) is 6.67. The molecule has 0 spiro atoms. The lowest BCUT2D eigenvalue weighted by atomic mass is 10.1. The predicted molar refractivity (Wildman–Crippen MR) is 175 cm³/mol. The molecule has 10 nitrogen and oxygen atoms in total. The van der Waals surface area contributed by atoms with Crippen LogP contribution in [-0.4, -0.2) is 57.4 Å². The number of hydrogen-bond donors (Lipinski definition) is 0. The minimum Gasteiger partial charge on any atom is -0.494 e. The maximum absolute atomic E-state index is 12.6. The van der Waals surface area contributed by atoms with Crippen molar-refractivity contribution in [3.63, 3.8) is 0 Å². The summed E-state index contributed by atoms with van der Waals surface area (Å²) in [6.45, 7) is 8.31. The summed E-state index contributed by atoms with van der Waals surface area (Å²) in [5.74, 6) is -0.297. The van der Waals surface area contributed by atoms with Gasteiger partial charge in [-0.3, -0.25) is 4.79 Å². The fraction of sp³-hybridized carbons (Fsp3) is 0.297. The van der Waals surface area contributed by atoms with E-state index in [0.29, 0.717) is 49.1 Å². The molecule has 0 N–H and O–H groups in total. The second-order valence-electron chi connectivity index (χ2n) is 10.3. The van der Waals surface area contributed by atoms with Gasteiger partial charge in [0.2, 0.25) is 0 Å². The van der Waals surface area contributed by atoms with Crippen LogP contribution in [0.3, 0.4) is 0 Å². The van der Waals surface area contributed by atoms with Gasteiger partial charge in [-0.05, 0) is 85.3 Å². The number of carbonyl (C=O) groups excluding carboxylic acids is 4. The molecule has 0 amide bonds. The highest BCUT2D eigenvalue weighted by molar-refractivity contribution is 5.93. The van der Waals surface area contributed by atoms with Crippen LogP contribution in [0.25, 0.3) is 11.1 Å². The number of methoxy groups -OCH3 is 1. The number of rotatable bonds is 20. The van der Waals surface area contributed by atoms with Crippen LogP contribution in [0.1, 0.15) is 48.9 Å². The van der Waals surface area contributed by atoms with Crippen LogP contribution in [0.2, 0.25) is 0 Å². The molecule has 0 saturated heterocycles. The SMILES string of the molecule is C=CC(=O)OCCCCCCOc1ccc(C(=O)Oc2ccc(-c3ccc(OCCCOC(=O)C(=C)CC(=O)OC)cc3)cc2)cc1. The van der Waals surface area contributed by atoms with E-state index in [1.54, 1.807) is 36.4 Å². The van der Waals surface area contributed by atoms with E-state index < -0.39 is 23.9 Å². The zero-order valence-corrected chi connectivity index (χ0v) is 26.6. The first-order chi connectivity index (χ1) is 22.8. The van der Waals surface area contributed by atoms with E-state index in [1.807, 2.05) is 36.4 Å². The van der Waals surface area contributed by atoms with E-state index in [2.05, 4.69) is 17.9 Å². The van der Waals surface area contributed by atoms with Crippen molar-refractivity contribution in [2.24, 2.45) is 0 Å². The largest absolute Gasteiger partial charge is 0.494 e. The molecule has 0 radical (unpaired) electrons. The van der Waals surface area contributed by atoms with Crippen LogP contribution < -0.4 is 14.2 Å². The molecule has 0 aromatic heterocycles. The van der Waals surface area contributed by atoms with E-state index in [9.17, 15) is 19.2 Å². The Balaban J connectivity index is 1.34. The van der Waals surface area contributed by atoms with E-state index >= 15 is 0 Å². The van der Waals surface area contributed by atoms with Gasteiger partial charge < -0.3 is 28.4 Å². The fourth-order valence-corrected chi connectivity index (χ4v) is 4.13. The van der Waals surface area contributed by atoms with Crippen LogP contribution in [0, 0.1) is 0 Å². The molecular formula is C37H40O10. The first-order valence-electron chi connectivity index (χ1n) is 15.3. The topological polar surface area (TPSA) is 124 Å². The lowest BCUT2D eigenvalue weighted by molar-refractivity contribution is -0.144. The van der Waals surface area contributed by atoms with Crippen molar-refractivity contribution in [1.82, 2.24) is 0 Å². The summed E-state index contributed by atoms with van der Waals surface area (Å²) < 4.78 is 31.5. The molecule has 0 aliphatic carbocycles. The summed E-state index contributed by atoms with van der Waals surface area (Å²) >= 11 is 0. The van der Waals surface area contributed by atoms with Gasteiger partial charge in [0, 0.05) is 18.1 Å². The maximum Gasteiger partial charge on any atom is 0.343 e. The average Bonchev–Trinajstić information content (AvgIpc) is 3.09. The number of ether oxygens (including phenoxy) is 6. The fourth-order valence-electron chi connectivity index (χ4n) is 4.13. The first kappa shape index (κ1) is 36.1. The van der Waals surface area contributed by atoms with Crippen molar-refractivity contribution in [2.75, 3.05) is 33.5 Å². The van der Waals surface area contributed by atoms with Gasteiger partial charge in [-0.25, -0.2) is 14.4 Å². The molecule has 0 aliphatic rings. The van der Waals surface area contributed by atoms with Gasteiger partial charge in [0.15, 0.2) is 0 Å². The van der Waals surface area contributed by atoms with Gasteiger partial charge in [-0.1, -0.05) is 37.4 Å². The molecule has 3 aromatic carbocycles. The van der Waals surface area contributed by atoms with Gasteiger partial charge in [0.1, 0.15) is 17.2 Å². The lowest BCUT2D eigenvalue weighted by Gasteiger charge is -2.10. The summed E-state index contributed by atoms with van der Waals surface area (Å²) in [5.41, 5.74) is 2.35. The average molecular weight is 645 g/mol. The van der Waals surface area contributed by atoms with Crippen LogP contribution >= 0.6 is 0 Å². The highest BCUT2D eigenvalue weighted by Gasteiger charge is 2.13. The minimum absolute atomic E-state index is 0.0408. The molecule has 248 valence electrons. The Labute approximate surface area is 274 Å². The zero-order chi connectivity index (χ0) is 33.9. The van der Waals surface area contributed by atoms with E-state index in [1.165, 1.54) is 7.11 Å². The van der Waals surface area contributed by atoms with E-state index in [0.717, 1.165) is 42.9 Å². The van der Waals surface area contributed by atoms with Gasteiger partial charge >= 0.3 is 23.9 Å². The number of carbonyl (C=O) groups is 4. The van der Waals surface area contributed by atoms with Gasteiger partial charge in [-0.15, -0.1) is 0 Å². The summed E-state index contributed by atoms with van der Waals surface area (Å²) in [6.07, 6.45) is 4.98. The molecule has 0 saturated carbocycles. The van der Waals surface area contributed by atoms with Crippen LogP contribution in [0.4, 0.5) is 0 Å². The number of hydrogen-bond acceptors (Lipinski definition) is 10. The third kappa shape index (κ3) is 13.2. The van der Waals surface area contributed by atoms with Crippen molar-refractivity contribution < 1.29 is 47.6 Å². The number of benzene rings is 3. The molecular weight excluding hydrogens is 604 g/mol. The molecule has 0 bridgehead atoms. The molecule has 0 heterocycles. The molecule has 0 aliphatic heterocycles. The molecule has 0 atom stereocenters. The van der Waals surface area contributed by atoms with Crippen LogP contribution in [-0.2, 0) is 28.6 Å². The number of unbranched alkanes of at least 4 members (excludes halogenated alkanes) is 3. The summed E-state index contributed by atoms with van der Waals surface area (Å²) in [5, 5.41) is 0. The second-order valence-corrected chi connectivity index (χ2v) is 10.3. The smallest absolute Gasteiger partial charge is 0.343 e. The van der Waals surface area contributed by atoms with E-state index in [4.69, 9.17) is 23.7 Å². The Bertz CT molecular complexity index is 1480. The Hall–Kier alpha value is -5.38.